The van der Waals surface area contributed by atoms with E-state index in [1.165, 1.54) is 0 Å². The molecule has 1 N–H and O–H groups in total. The van der Waals surface area contributed by atoms with Gasteiger partial charge in [-0.25, -0.2) is 4.79 Å². The van der Waals surface area contributed by atoms with Crippen molar-refractivity contribution in [3.63, 3.8) is 0 Å². The van der Waals surface area contributed by atoms with Gasteiger partial charge in [-0.15, -0.1) is 0 Å². The van der Waals surface area contributed by atoms with Crippen molar-refractivity contribution in [2.24, 2.45) is 0 Å². The first-order valence-electron chi connectivity index (χ1n) is 20.4. The third-order valence-electron chi connectivity index (χ3n) is 10.0. The molecule has 0 bridgehead atoms. The fourth-order valence-electron chi connectivity index (χ4n) is 6.91. The lowest BCUT2D eigenvalue weighted by Gasteiger charge is -2.30. The van der Waals surface area contributed by atoms with E-state index >= 15 is 0 Å². The van der Waals surface area contributed by atoms with Gasteiger partial charge in [-0.1, -0.05) is 48.5 Å². The molecule has 4 aromatic rings. The Morgan fingerprint density at radius 1 is 0.569 bits per heavy atom. The number of hydrogen-bond donors (Lipinski definition) is 1. The average molecular weight is 814 g/mol. The summed E-state index contributed by atoms with van der Waals surface area (Å²) in [5.74, 6) is 2.54. The number of benzene rings is 4. The molecule has 310 valence electrons. The van der Waals surface area contributed by atoms with Crippen LogP contribution in [0.25, 0.3) is 0 Å². The van der Waals surface area contributed by atoms with Crippen LogP contribution in [0.5, 0.6) is 23.0 Å². The van der Waals surface area contributed by atoms with Gasteiger partial charge in [0.25, 0.3) is 0 Å². The van der Waals surface area contributed by atoms with Crippen LogP contribution in [0, 0.1) is 0 Å². The highest BCUT2D eigenvalue weighted by Gasteiger charge is 2.39. The zero-order valence-corrected chi connectivity index (χ0v) is 34.6. The summed E-state index contributed by atoms with van der Waals surface area (Å²) in [5.41, 5.74) is 4.35. The van der Waals surface area contributed by atoms with Crippen LogP contribution in [-0.4, -0.2) is 99.2 Å². The minimum absolute atomic E-state index is 0.121. The van der Waals surface area contributed by atoms with E-state index in [9.17, 15) is 4.79 Å². The Labute approximate surface area is 342 Å². The van der Waals surface area contributed by atoms with Crippen molar-refractivity contribution in [1.82, 2.24) is 5.32 Å². The van der Waals surface area contributed by atoms with Crippen LogP contribution in [0.4, 0.5) is 4.79 Å². The van der Waals surface area contributed by atoms with E-state index in [0.29, 0.717) is 64.4 Å². The van der Waals surface area contributed by atoms with Gasteiger partial charge in [0, 0.05) is 44.2 Å². The Hall–Kier alpha value is -4.47. The zero-order valence-electron chi connectivity index (χ0n) is 33.6. The average Bonchev–Trinajstić information content (AvgIpc) is 4.09. The second-order valence-corrected chi connectivity index (χ2v) is 17.2. The summed E-state index contributed by atoms with van der Waals surface area (Å²) in [6, 6.07) is 33.2. The standard InChI is InChI=1S/C45H55NO11Si/c1-4-54-58(55-5-2,56-6-3)25-7-24-46-45(47)57-39-22-14-35(15-23-39)44(34-12-20-38(21-13-34)50-28-42-31-53-42)43(32-8-16-36(17-9-32)48-26-40-29-51-40)33-10-18-37(19-11-33)49-27-41-30-52-41/h8-23,40-44H,4-7,24-31H2,1-3H3,(H,46,47). The lowest BCUT2D eigenvalue weighted by molar-refractivity contribution is 0.0707. The van der Waals surface area contributed by atoms with Gasteiger partial charge in [-0.2, -0.15) is 0 Å². The molecule has 3 fully saturated rings. The lowest BCUT2D eigenvalue weighted by Crippen LogP contribution is -2.46. The summed E-state index contributed by atoms with van der Waals surface area (Å²) in [6.07, 6.45) is 0.594. The van der Waals surface area contributed by atoms with Gasteiger partial charge in [-0.3, -0.25) is 0 Å². The normalized spacial score (nSPS) is 19.1. The molecule has 0 saturated carbocycles. The smallest absolute Gasteiger partial charge is 0.491 e. The second kappa shape index (κ2) is 20.5. The molecule has 0 aliphatic carbocycles. The quantitative estimate of drug-likeness (QED) is 0.0405. The molecule has 13 heteroatoms. The van der Waals surface area contributed by atoms with Crippen molar-refractivity contribution in [3.8, 4) is 23.0 Å². The number of nitrogens with one attached hydrogen (secondary N) is 1. The van der Waals surface area contributed by atoms with Crippen molar-refractivity contribution >= 4 is 14.9 Å². The first-order chi connectivity index (χ1) is 28.4. The summed E-state index contributed by atoms with van der Waals surface area (Å²) >= 11 is 0. The topological polar surface area (TPSA) is 131 Å². The van der Waals surface area contributed by atoms with Gasteiger partial charge < -0.3 is 51.8 Å². The number of epoxide rings is 3. The molecule has 12 nitrogen and oxygen atoms in total. The summed E-state index contributed by atoms with van der Waals surface area (Å²) in [4.78, 5) is 12.9. The molecule has 4 aromatic carbocycles. The van der Waals surface area contributed by atoms with E-state index in [2.05, 4.69) is 41.7 Å². The Morgan fingerprint density at radius 3 is 1.21 bits per heavy atom. The lowest BCUT2D eigenvalue weighted by atomic mass is 9.73. The number of carbonyl (C=O) groups is 1. The Morgan fingerprint density at radius 2 is 0.897 bits per heavy atom. The third kappa shape index (κ3) is 12.3. The minimum atomic E-state index is -2.80. The predicted molar refractivity (Wildman–Crippen MR) is 219 cm³/mol. The number of hydrogen-bond acceptors (Lipinski definition) is 11. The number of amides is 1. The van der Waals surface area contributed by atoms with E-state index in [1.807, 2.05) is 81.4 Å². The summed E-state index contributed by atoms with van der Waals surface area (Å²) in [5, 5.41) is 2.87. The van der Waals surface area contributed by atoms with E-state index in [-0.39, 0.29) is 30.1 Å². The van der Waals surface area contributed by atoms with Crippen LogP contribution in [0.3, 0.4) is 0 Å². The Balaban J connectivity index is 1.11. The van der Waals surface area contributed by atoms with Crippen molar-refractivity contribution in [2.75, 3.05) is 66.0 Å². The first kappa shape index (κ1) is 41.7. The van der Waals surface area contributed by atoms with Gasteiger partial charge in [0.1, 0.15) is 61.1 Å². The number of carbonyl (C=O) groups excluding carboxylic acids is 1. The molecule has 7 rings (SSSR count). The molecule has 58 heavy (non-hydrogen) atoms. The zero-order chi connectivity index (χ0) is 40.2. The molecule has 0 radical (unpaired) electrons. The second-order valence-electron chi connectivity index (χ2n) is 14.4. The first-order valence-corrected chi connectivity index (χ1v) is 22.4. The van der Waals surface area contributed by atoms with Crippen molar-refractivity contribution < 1.29 is 51.2 Å². The van der Waals surface area contributed by atoms with E-state index in [4.69, 9.17) is 46.4 Å². The third-order valence-corrected chi connectivity index (χ3v) is 13.2. The molecule has 4 unspecified atom stereocenters. The maximum atomic E-state index is 12.9. The van der Waals surface area contributed by atoms with Gasteiger partial charge in [-0.05, 0) is 98.0 Å². The summed E-state index contributed by atoms with van der Waals surface area (Å²) < 4.78 is 57.6. The van der Waals surface area contributed by atoms with Crippen molar-refractivity contribution in [3.05, 3.63) is 119 Å². The largest absolute Gasteiger partial charge is 0.500 e. The highest BCUT2D eigenvalue weighted by atomic mass is 28.4. The van der Waals surface area contributed by atoms with E-state index < -0.39 is 14.9 Å². The summed E-state index contributed by atoms with van der Waals surface area (Å²) in [7, 11) is -2.80. The maximum absolute atomic E-state index is 12.9. The van der Waals surface area contributed by atoms with Crippen LogP contribution >= 0.6 is 0 Å². The van der Waals surface area contributed by atoms with Gasteiger partial charge in [0.05, 0.1) is 19.8 Å². The molecular formula is C45H55NO11Si. The van der Waals surface area contributed by atoms with E-state index in [0.717, 1.165) is 59.3 Å². The van der Waals surface area contributed by atoms with Crippen LogP contribution < -0.4 is 24.3 Å². The Kier molecular flexibility index (Phi) is 14.7. The van der Waals surface area contributed by atoms with Gasteiger partial charge in [0.15, 0.2) is 0 Å². The summed E-state index contributed by atoms with van der Waals surface area (Å²) in [6.45, 7) is 11.5. The molecule has 3 aliphatic heterocycles. The van der Waals surface area contributed by atoms with Crippen LogP contribution in [0.2, 0.25) is 6.04 Å². The maximum Gasteiger partial charge on any atom is 0.500 e. The predicted octanol–water partition coefficient (Wildman–Crippen LogP) is 7.51. The molecule has 3 heterocycles. The van der Waals surface area contributed by atoms with Gasteiger partial charge >= 0.3 is 14.9 Å². The molecule has 4 atom stereocenters. The monoisotopic (exact) mass is 813 g/mol. The molecule has 0 aromatic heterocycles. The fourth-order valence-corrected chi connectivity index (χ4v) is 9.52. The number of rotatable bonds is 25. The molecule has 3 aliphatic rings. The van der Waals surface area contributed by atoms with Gasteiger partial charge in [0.2, 0.25) is 0 Å². The fraction of sp³-hybridized carbons (Fsp3) is 0.444. The molecular weight excluding hydrogens is 759 g/mol. The van der Waals surface area contributed by atoms with E-state index in [1.54, 1.807) is 0 Å². The molecule has 0 spiro atoms. The highest BCUT2D eigenvalue weighted by molar-refractivity contribution is 6.60. The van der Waals surface area contributed by atoms with Crippen LogP contribution in [0.1, 0.15) is 61.3 Å². The SMILES string of the molecule is CCO[Si](CCCNC(=O)Oc1ccc(C(c2ccc(OCC3CO3)cc2)C(c2ccc(OCC3CO3)cc2)c2ccc(OCC3CO3)cc2)cc1)(OCC)OCC. The van der Waals surface area contributed by atoms with Crippen LogP contribution in [-0.2, 0) is 27.5 Å². The van der Waals surface area contributed by atoms with Crippen LogP contribution in [0.15, 0.2) is 97.1 Å². The van der Waals surface area contributed by atoms with Crippen molar-refractivity contribution in [1.29, 1.82) is 0 Å². The number of ether oxygens (including phenoxy) is 7. The highest BCUT2D eigenvalue weighted by Crippen LogP contribution is 2.44. The minimum Gasteiger partial charge on any atom is -0.491 e. The Bertz CT molecular complexity index is 1770. The molecule has 1 amide bonds. The molecule has 3 saturated heterocycles. The van der Waals surface area contributed by atoms with Crippen molar-refractivity contribution in [2.45, 2.75) is 63.4 Å².